The molecule has 0 N–H and O–H groups in total. The summed E-state index contributed by atoms with van der Waals surface area (Å²) in [4.78, 5) is 30.2. The second-order valence-corrected chi connectivity index (χ2v) is 7.94. The first-order valence-electron chi connectivity index (χ1n) is 10.1. The zero-order chi connectivity index (χ0) is 22.5. The van der Waals surface area contributed by atoms with E-state index in [4.69, 9.17) is 11.2 Å². The molecule has 1 aromatic heterocycles. The lowest BCUT2D eigenvalue weighted by molar-refractivity contribution is 0.0994. The van der Waals surface area contributed by atoms with Crippen LogP contribution in [-0.4, -0.2) is 22.9 Å². The Morgan fingerprint density at radius 3 is 2.38 bits per heavy atom. The van der Waals surface area contributed by atoms with E-state index in [1.54, 1.807) is 36.4 Å². The SMILES string of the molecule is C#CCn1c(=NC(=O)c2ccc(C(=O)c3ccccc3)cc2)sc2cc(OCC)ccc21. The van der Waals surface area contributed by atoms with E-state index in [1.807, 2.05) is 47.9 Å². The fraction of sp³-hybridized carbons (Fsp3) is 0.115. The molecule has 6 heteroatoms. The standard InChI is InChI=1S/C26H20N2O3S/c1-3-16-28-22-15-14-21(31-4-2)17-23(22)32-26(28)27-25(30)20-12-10-19(11-13-20)24(29)18-8-6-5-7-9-18/h1,5-15,17H,4,16H2,2H3. The summed E-state index contributed by atoms with van der Waals surface area (Å²) < 4.78 is 8.33. The van der Waals surface area contributed by atoms with E-state index in [0.717, 1.165) is 16.0 Å². The second kappa shape index (κ2) is 9.46. The van der Waals surface area contributed by atoms with Crippen LogP contribution in [0.5, 0.6) is 5.75 Å². The van der Waals surface area contributed by atoms with E-state index in [0.29, 0.717) is 34.6 Å². The smallest absolute Gasteiger partial charge is 0.279 e. The average Bonchev–Trinajstić information content (AvgIpc) is 3.16. The summed E-state index contributed by atoms with van der Waals surface area (Å²) in [6.07, 6.45) is 5.54. The van der Waals surface area contributed by atoms with Gasteiger partial charge in [0.2, 0.25) is 0 Å². The van der Waals surface area contributed by atoms with Gasteiger partial charge in [-0.15, -0.1) is 6.42 Å². The molecule has 0 radical (unpaired) electrons. The van der Waals surface area contributed by atoms with Crippen molar-refractivity contribution in [2.45, 2.75) is 13.5 Å². The van der Waals surface area contributed by atoms with Crippen molar-refractivity contribution in [3.8, 4) is 18.1 Å². The number of carbonyl (C=O) groups is 2. The number of carbonyl (C=O) groups excluding carboxylic acids is 2. The number of aromatic nitrogens is 1. The van der Waals surface area contributed by atoms with Gasteiger partial charge in [0.05, 0.1) is 23.4 Å². The summed E-state index contributed by atoms with van der Waals surface area (Å²) in [6, 6.07) is 21.3. The molecule has 0 spiro atoms. The Labute approximate surface area is 189 Å². The maximum absolute atomic E-state index is 12.8. The van der Waals surface area contributed by atoms with Crippen molar-refractivity contribution in [3.05, 3.63) is 94.3 Å². The second-order valence-electron chi connectivity index (χ2n) is 6.93. The average molecular weight is 441 g/mol. The number of hydrogen-bond acceptors (Lipinski definition) is 4. The van der Waals surface area contributed by atoms with E-state index in [1.165, 1.54) is 11.3 Å². The van der Waals surface area contributed by atoms with E-state index in [-0.39, 0.29) is 5.78 Å². The number of hydrogen-bond donors (Lipinski definition) is 0. The van der Waals surface area contributed by atoms with Crippen molar-refractivity contribution in [1.29, 1.82) is 0 Å². The Morgan fingerprint density at radius 1 is 1.00 bits per heavy atom. The Kier molecular flexibility index (Phi) is 6.29. The Morgan fingerprint density at radius 2 is 1.69 bits per heavy atom. The van der Waals surface area contributed by atoms with Crippen molar-refractivity contribution in [1.82, 2.24) is 4.57 Å². The quantitative estimate of drug-likeness (QED) is 0.322. The predicted molar refractivity (Wildman–Crippen MR) is 126 cm³/mol. The van der Waals surface area contributed by atoms with Gasteiger partial charge in [-0.25, -0.2) is 0 Å². The van der Waals surface area contributed by atoms with Crippen LogP contribution in [0.15, 0.2) is 77.8 Å². The maximum atomic E-state index is 12.8. The van der Waals surface area contributed by atoms with E-state index in [9.17, 15) is 9.59 Å². The molecule has 0 aliphatic heterocycles. The summed E-state index contributed by atoms with van der Waals surface area (Å²) in [6.45, 7) is 2.79. The molecule has 1 amide bonds. The first-order chi connectivity index (χ1) is 15.6. The van der Waals surface area contributed by atoms with Crippen LogP contribution in [0, 0.1) is 12.3 Å². The lowest BCUT2D eigenvalue weighted by Gasteiger charge is -2.03. The molecule has 158 valence electrons. The molecular weight excluding hydrogens is 420 g/mol. The number of ether oxygens (including phenoxy) is 1. The van der Waals surface area contributed by atoms with Crippen LogP contribution in [0.2, 0.25) is 0 Å². The molecule has 4 aromatic rings. The van der Waals surface area contributed by atoms with Crippen LogP contribution in [0.25, 0.3) is 10.2 Å². The first kappa shape index (κ1) is 21.3. The van der Waals surface area contributed by atoms with Gasteiger partial charge in [0.15, 0.2) is 10.6 Å². The van der Waals surface area contributed by atoms with Crippen molar-refractivity contribution in [2.75, 3.05) is 6.61 Å². The number of nitrogens with zero attached hydrogens (tertiary/aromatic N) is 2. The highest BCUT2D eigenvalue weighted by molar-refractivity contribution is 7.16. The molecule has 5 nitrogen and oxygen atoms in total. The molecule has 0 aliphatic carbocycles. The van der Waals surface area contributed by atoms with Gasteiger partial charge in [0, 0.05) is 16.7 Å². The number of terminal acetylenes is 1. The molecule has 0 fully saturated rings. The molecule has 1 heterocycles. The maximum Gasteiger partial charge on any atom is 0.279 e. The lowest BCUT2D eigenvalue weighted by Crippen LogP contribution is -2.16. The monoisotopic (exact) mass is 440 g/mol. The topological polar surface area (TPSA) is 60.7 Å². The number of thiazole rings is 1. The fourth-order valence-corrected chi connectivity index (χ4v) is 4.37. The van der Waals surface area contributed by atoms with Crippen molar-refractivity contribution in [3.63, 3.8) is 0 Å². The van der Waals surface area contributed by atoms with Crippen LogP contribution in [0.3, 0.4) is 0 Å². The molecule has 32 heavy (non-hydrogen) atoms. The molecule has 0 saturated heterocycles. The van der Waals surface area contributed by atoms with E-state index < -0.39 is 5.91 Å². The van der Waals surface area contributed by atoms with Gasteiger partial charge in [-0.05, 0) is 37.3 Å². The van der Waals surface area contributed by atoms with Crippen LogP contribution in [-0.2, 0) is 6.54 Å². The summed E-state index contributed by atoms with van der Waals surface area (Å²) in [5, 5.41) is 0. The third kappa shape index (κ3) is 4.39. The van der Waals surface area contributed by atoms with Gasteiger partial charge in [-0.2, -0.15) is 4.99 Å². The number of rotatable bonds is 6. The number of ketones is 1. The van der Waals surface area contributed by atoms with Crippen molar-refractivity contribution < 1.29 is 14.3 Å². The van der Waals surface area contributed by atoms with Crippen LogP contribution in [0.4, 0.5) is 0 Å². The zero-order valence-corrected chi connectivity index (χ0v) is 18.3. The van der Waals surface area contributed by atoms with Crippen molar-refractivity contribution >= 4 is 33.2 Å². The molecular formula is C26H20N2O3S. The summed E-state index contributed by atoms with van der Waals surface area (Å²) in [5.41, 5.74) is 2.41. The summed E-state index contributed by atoms with van der Waals surface area (Å²) >= 11 is 1.38. The summed E-state index contributed by atoms with van der Waals surface area (Å²) in [5.74, 6) is 2.88. The number of amides is 1. The molecule has 0 bridgehead atoms. The first-order valence-corrected chi connectivity index (χ1v) is 10.9. The number of fused-ring (bicyclic) bond motifs is 1. The van der Waals surface area contributed by atoms with Crippen LogP contribution >= 0.6 is 11.3 Å². The minimum absolute atomic E-state index is 0.0944. The molecule has 3 aromatic carbocycles. The summed E-state index contributed by atoms with van der Waals surface area (Å²) in [7, 11) is 0. The van der Waals surface area contributed by atoms with Gasteiger partial charge in [-0.3, -0.25) is 9.59 Å². The minimum Gasteiger partial charge on any atom is -0.494 e. The number of benzene rings is 3. The largest absolute Gasteiger partial charge is 0.494 e. The zero-order valence-electron chi connectivity index (χ0n) is 17.4. The molecule has 0 unspecified atom stereocenters. The molecule has 0 saturated carbocycles. The van der Waals surface area contributed by atoms with Crippen LogP contribution < -0.4 is 9.54 Å². The molecule has 4 rings (SSSR count). The van der Waals surface area contributed by atoms with Crippen molar-refractivity contribution in [2.24, 2.45) is 4.99 Å². The highest BCUT2D eigenvalue weighted by Gasteiger charge is 2.12. The molecule has 0 aliphatic rings. The van der Waals surface area contributed by atoms with Gasteiger partial charge < -0.3 is 9.30 Å². The van der Waals surface area contributed by atoms with E-state index >= 15 is 0 Å². The van der Waals surface area contributed by atoms with Gasteiger partial charge in [0.1, 0.15) is 5.75 Å². The normalized spacial score (nSPS) is 11.3. The van der Waals surface area contributed by atoms with Gasteiger partial charge in [0.25, 0.3) is 5.91 Å². The van der Waals surface area contributed by atoms with E-state index in [2.05, 4.69) is 10.9 Å². The van der Waals surface area contributed by atoms with Crippen LogP contribution in [0.1, 0.15) is 33.2 Å². The highest BCUT2D eigenvalue weighted by atomic mass is 32.1. The fourth-order valence-electron chi connectivity index (χ4n) is 3.31. The Bertz CT molecular complexity index is 1390. The predicted octanol–water partition coefficient (Wildman–Crippen LogP) is 4.71. The Balaban J connectivity index is 1.66. The lowest BCUT2D eigenvalue weighted by atomic mass is 10.0. The third-order valence-electron chi connectivity index (χ3n) is 4.84. The highest BCUT2D eigenvalue weighted by Crippen LogP contribution is 2.23. The third-order valence-corrected chi connectivity index (χ3v) is 5.88. The van der Waals surface area contributed by atoms with Gasteiger partial charge >= 0.3 is 0 Å². The Hall–Kier alpha value is -3.95. The van der Waals surface area contributed by atoms with Gasteiger partial charge in [-0.1, -0.05) is 59.7 Å². The molecule has 0 atom stereocenters. The minimum atomic E-state index is -0.397.